The second-order valence-electron chi connectivity index (χ2n) is 2.78. The van der Waals surface area contributed by atoms with Crippen LogP contribution >= 0.6 is 23.2 Å². The summed E-state index contributed by atoms with van der Waals surface area (Å²) in [5, 5.41) is 6.89. The maximum atomic E-state index is 6.97. The van der Waals surface area contributed by atoms with E-state index < -0.39 is 0 Å². The number of likely N-dealkylation sites (N-methyl/N-ethyl adjacent to an activating group) is 1. The second-order valence-corrected chi connectivity index (χ2v) is 3.48. The monoisotopic (exact) mass is 235 g/mol. The van der Waals surface area contributed by atoms with Gasteiger partial charge in [-0.05, 0) is 36.5 Å². The smallest absolute Gasteiger partial charge is 0.217 e. The molecule has 80 valence electrons. The maximum absolute atomic E-state index is 6.97. The molecular weight excluding hydrogens is 221 g/mol. The van der Waals surface area contributed by atoms with Crippen molar-refractivity contribution in [1.82, 2.24) is 4.90 Å². The standard InChI is InChI=1S/C9H15Cl2N3/c1-4-6-7(5-2)14(3)9(11)13-8(10)12/h4,6-7,12H,5H2,1-3H3/b6-4?,12-8?,13-9-. The van der Waals surface area contributed by atoms with Crippen molar-refractivity contribution in [3.8, 4) is 0 Å². The van der Waals surface area contributed by atoms with E-state index in [2.05, 4.69) is 11.9 Å². The molecule has 0 amide bonds. The van der Waals surface area contributed by atoms with Gasteiger partial charge in [-0.25, -0.2) is 0 Å². The third-order valence-corrected chi connectivity index (χ3v) is 2.25. The summed E-state index contributed by atoms with van der Waals surface area (Å²) < 4.78 is 0. The summed E-state index contributed by atoms with van der Waals surface area (Å²) in [6, 6.07) is 0.187. The largest absolute Gasteiger partial charge is 0.344 e. The zero-order chi connectivity index (χ0) is 11.1. The van der Waals surface area contributed by atoms with Gasteiger partial charge in [0.15, 0.2) is 0 Å². The summed E-state index contributed by atoms with van der Waals surface area (Å²) in [4.78, 5) is 5.43. The van der Waals surface area contributed by atoms with Gasteiger partial charge in [-0.3, -0.25) is 5.41 Å². The summed E-state index contributed by atoms with van der Waals surface area (Å²) in [6.07, 6.45) is 4.90. The van der Waals surface area contributed by atoms with E-state index in [1.54, 1.807) is 4.90 Å². The number of hydrogen-bond acceptors (Lipinski definition) is 1. The third-order valence-electron chi connectivity index (χ3n) is 1.81. The van der Waals surface area contributed by atoms with Crippen LogP contribution in [-0.2, 0) is 0 Å². The molecule has 0 saturated carbocycles. The van der Waals surface area contributed by atoms with E-state index in [4.69, 9.17) is 28.6 Å². The summed E-state index contributed by atoms with van der Waals surface area (Å²) in [6.45, 7) is 4.00. The van der Waals surface area contributed by atoms with Crippen LogP contribution in [0.25, 0.3) is 0 Å². The lowest BCUT2D eigenvalue weighted by Crippen LogP contribution is -2.32. The lowest BCUT2D eigenvalue weighted by Gasteiger charge is -2.24. The minimum absolute atomic E-state index is 0.187. The van der Waals surface area contributed by atoms with E-state index in [-0.39, 0.29) is 16.6 Å². The first-order chi connectivity index (χ1) is 6.52. The fourth-order valence-electron chi connectivity index (χ4n) is 1.06. The number of nitrogens with zero attached hydrogens (tertiary/aromatic N) is 2. The molecule has 14 heavy (non-hydrogen) atoms. The Labute approximate surface area is 94.9 Å². The minimum Gasteiger partial charge on any atom is -0.344 e. The fraction of sp³-hybridized carbons (Fsp3) is 0.556. The maximum Gasteiger partial charge on any atom is 0.217 e. The lowest BCUT2D eigenvalue weighted by molar-refractivity contribution is 0.422. The molecule has 0 bridgehead atoms. The number of amidine groups is 2. The highest BCUT2D eigenvalue weighted by Gasteiger charge is 2.12. The van der Waals surface area contributed by atoms with E-state index in [0.717, 1.165) is 6.42 Å². The van der Waals surface area contributed by atoms with Crippen molar-refractivity contribution >= 4 is 33.8 Å². The van der Waals surface area contributed by atoms with Crippen molar-refractivity contribution in [2.45, 2.75) is 26.3 Å². The molecule has 0 saturated heterocycles. The zero-order valence-electron chi connectivity index (χ0n) is 8.59. The fourth-order valence-corrected chi connectivity index (χ4v) is 1.39. The molecule has 0 aliphatic heterocycles. The molecule has 0 aromatic heterocycles. The van der Waals surface area contributed by atoms with Gasteiger partial charge in [0, 0.05) is 13.1 Å². The van der Waals surface area contributed by atoms with Gasteiger partial charge < -0.3 is 4.90 Å². The topological polar surface area (TPSA) is 39.5 Å². The molecule has 0 spiro atoms. The second kappa shape index (κ2) is 6.85. The Morgan fingerprint density at radius 3 is 2.50 bits per heavy atom. The number of aliphatic imine (C=N–C) groups is 1. The molecule has 0 radical (unpaired) electrons. The third kappa shape index (κ3) is 4.63. The Balaban J connectivity index is 4.56. The van der Waals surface area contributed by atoms with Crippen LogP contribution in [0.15, 0.2) is 17.1 Å². The molecule has 1 unspecified atom stereocenters. The number of nitrogens with one attached hydrogen (secondary N) is 1. The minimum atomic E-state index is -0.308. The average molecular weight is 236 g/mol. The van der Waals surface area contributed by atoms with E-state index >= 15 is 0 Å². The van der Waals surface area contributed by atoms with Crippen LogP contribution in [0.2, 0.25) is 0 Å². The van der Waals surface area contributed by atoms with Gasteiger partial charge in [0.05, 0.1) is 0 Å². The zero-order valence-corrected chi connectivity index (χ0v) is 10.1. The van der Waals surface area contributed by atoms with Gasteiger partial charge in [-0.2, -0.15) is 4.99 Å². The number of rotatable bonds is 3. The molecule has 0 aromatic rings. The number of hydrogen-bond donors (Lipinski definition) is 1. The summed E-state index contributed by atoms with van der Waals surface area (Å²) >= 11 is 11.2. The van der Waals surface area contributed by atoms with Crippen molar-refractivity contribution in [1.29, 1.82) is 5.41 Å². The molecule has 0 rings (SSSR count). The van der Waals surface area contributed by atoms with Gasteiger partial charge in [0.2, 0.25) is 10.6 Å². The average Bonchev–Trinajstić information content (AvgIpc) is 2.12. The Bertz CT molecular complexity index is 248. The molecule has 0 aliphatic rings. The summed E-state index contributed by atoms with van der Waals surface area (Å²) in [5.74, 6) is 0. The predicted molar refractivity (Wildman–Crippen MR) is 63.5 cm³/mol. The lowest BCUT2D eigenvalue weighted by atomic mass is 10.2. The van der Waals surface area contributed by atoms with Crippen molar-refractivity contribution in [2.24, 2.45) is 4.99 Å². The van der Waals surface area contributed by atoms with Crippen molar-refractivity contribution in [3.63, 3.8) is 0 Å². The van der Waals surface area contributed by atoms with Gasteiger partial charge in [0.1, 0.15) is 0 Å². The van der Waals surface area contributed by atoms with Gasteiger partial charge in [-0.15, -0.1) is 0 Å². The molecule has 5 heteroatoms. The van der Waals surface area contributed by atoms with Crippen molar-refractivity contribution in [2.75, 3.05) is 7.05 Å². The molecule has 0 aromatic carbocycles. The van der Waals surface area contributed by atoms with Crippen LogP contribution in [0, 0.1) is 5.41 Å². The van der Waals surface area contributed by atoms with Crippen LogP contribution in [0.3, 0.4) is 0 Å². The van der Waals surface area contributed by atoms with E-state index in [0.29, 0.717) is 0 Å². The normalized spacial score (nSPS) is 14.5. The quantitative estimate of drug-likeness (QED) is 0.348. The molecule has 0 aliphatic carbocycles. The van der Waals surface area contributed by atoms with Crippen molar-refractivity contribution < 1.29 is 0 Å². The first-order valence-corrected chi connectivity index (χ1v) is 5.12. The summed E-state index contributed by atoms with van der Waals surface area (Å²) in [7, 11) is 1.82. The molecule has 1 N–H and O–H groups in total. The van der Waals surface area contributed by atoms with E-state index in [9.17, 15) is 0 Å². The first-order valence-electron chi connectivity index (χ1n) is 4.36. The van der Waals surface area contributed by atoms with Crippen LogP contribution in [0.5, 0.6) is 0 Å². The van der Waals surface area contributed by atoms with Gasteiger partial charge in [-0.1, -0.05) is 19.1 Å². The van der Waals surface area contributed by atoms with Crippen LogP contribution in [-0.4, -0.2) is 28.6 Å². The van der Waals surface area contributed by atoms with Crippen LogP contribution < -0.4 is 0 Å². The Morgan fingerprint density at radius 1 is 1.57 bits per heavy atom. The molecule has 1 atom stereocenters. The molecule has 0 fully saturated rings. The van der Waals surface area contributed by atoms with Crippen molar-refractivity contribution in [3.05, 3.63) is 12.2 Å². The van der Waals surface area contributed by atoms with Crippen LogP contribution in [0.4, 0.5) is 0 Å². The number of allylic oxidation sites excluding steroid dienone is 1. The van der Waals surface area contributed by atoms with E-state index in [1.807, 2.05) is 26.1 Å². The number of halogens is 2. The molecule has 0 heterocycles. The van der Waals surface area contributed by atoms with Gasteiger partial charge in [0.25, 0.3) is 0 Å². The SMILES string of the molecule is CC=CC(CC)N(C)/C(Cl)=N\C(=N)Cl. The predicted octanol–water partition coefficient (Wildman–Crippen LogP) is 3.04. The Kier molecular flexibility index (Phi) is 6.58. The van der Waals surface area contributed by atoms with E-state index in [1.165, 1.54) is 0 Å². The van der Waals surface area contributed by atoms with Gasteiger partial charge >= 0.3 is 0 Å². The highest BCUT2D eigenvalue weighted by molar-refractivity contribution is 6.70. The first kappa shape index (κ1) is 13.5. The summed E-state index contributed by atoms with van der Waals surface area (Å²) in [5.41, 5.74) is 0. The Morgan fingerprint density at radius 2 is 2.14 bits per heavy atom. The van der Waals surface area contributed by atoms with Crippen LogP contribution in [0.1, 0.15) is 20.3 Å². The highest BCUT2D eigenvalue weighted by atomic mass is 35.5. The molecule has 3 nitrogen and oxygen atoms in total. The highest BCUT2D eigenvalue weighted by Crippen LogP contribution is 2.07. The Hall–Kier alpha value is -0.540. The molecular formula is C9H15Cl2N3.